The molecule has 0 saturated carbocycles. The number of furan rings is 1. The van der Waals surface area contributed by atoms with Crippen molar-refractivity contribution in [3.8, 4) is 33.8 Å². The highest BCUT2D eigenvalue weighted by molar-refractivity contribution is 6.09. The number of hydrogen-bond acceptors (Lipinski definition) is 2. The standard InChI is InChI=1S/C43H37N3O/c1-6-28-23-37-39-34(19-18-32-33-20-21-35(44-43(33)47-42(32)39)38-25(3)13-12-14-26(38)4)41(46(37)24-27(28)5)40-29(7-2)30-15-8-9-16-31(30)36-17-10-11-22-45(36)40/h7-24,29,40-41H,2,6H2,1,3-5H3/q+2. The third kappa shape index (κ3) is 3.91. The fourth-order valence-electron chi connectivity index (χ4n) is 8.57. The van der Waals surface area contributed by atoms with Gasteiger partial charge < -0.3 is 4.42 Å². The first-order valence-corrected chi connectivity index (χ1v) is 16.7. The molecule has 0 spiro atoms. The van der Waals surface area contributed by atoms with Gasteiger partial charge in [-0.3, -0.25) is 0 Å². The molecule has 0 saturated heterocycles. The lowest BCUT2D eigenvalue weighted by Crippen LogP contribution is -2.56. The van der Waals surface area contributed by atoms with Crippen LogP contribution in [0, 0.1) is 20.8 Å². The van der Waals surface area contributed by atoms with Crippen LogP contribution in [-0.4, -0.2) is 4.98 Å². The van der Waals surface area contributed by atoms with Crippen LogP contribution in [0.5, 0.6) is 0 Å². The quantitative estimate of drug-likeness (QED) is 0.147. The molecule has 0 amide bonds. The van der Waals surface area contributed by atoms with Crippen LogP contribution in [0.1, 0.15) is 58.3 Å². The SMILES string of the molecule is C=CC1c2ccccc2-c2cccc[n+]2C1C1c2ccc3c(oc4nc(-c5c(C)cccc5C)ccc43)c2-c2cc(CC)c(C)c[n+]21. The van der Waals surface area contributed by atoms with Crippen LogP contribution in [0.25, 0.3) is 55.8 Å². The minimum Gasteiger partial charge on any atom is -0.437 e. The molecule has 0 radical (unpaired) electrons. The molecule has 2 aliphatic heterocycles. The van der Waals surface area contributed by atoms with Gasteiger partial charge in [-0.25, -0.2) is 4.98 Å². The maximum Gasteiger partial charge on any atom is 0.247 e. The monoisotopic (exact) mass is 611 g/mol. The zero-order valence-corrected chi connectivity index (χ0v) is 27.3. The lowest BCUT2D eigenvalue weighted by Gasteiger charge is -2.30. The van der Waals surface area contributed by atoms with Crippen LogP contribution in [0.2, 0.25) is 0 Å². The van der Waals surface area contributed by atoms with Gasteiger partial charge in [0.25, 0.3) is 0 Å². The Bertz CT molecular complexity index is 2410. The largest absolute Gasteiger partial charge is 0.437 e. The van der Waals surface area contributed by atoms with Crippen LogP contribution in [-0.2, 0) is 6.42 Å². The average Bonchev–Trinajstić information content (AvgIpc) is 3.61. The number of pyridine rings is 3. The number of hydrogen-bond donors (Lipinski definition) is 0. The van der Waals surface area contributed by atoms with Gasteiger partial charge in [0.2, 0.25) is 29.2 Å². The van der Waals surface area contributed by atoms with Crippen molar-refractivity contribution >= 4 is 22.1 Å². The Morgan fingerprint density at radius 3 is 2.36 bits per heavy atom. The Kier molecular flexibility index (Phi) is 6.14. The average molecular weight is 612 g/mol. The summed E-state index contributed by atoms with van der Waals surface area (Å²) in [6, 6.07) is 33.2. The smallest absolute Gasteiger partial charge is 0.247 e. The Labute approximate surface area is 275 Å². The summed E-state index contributed by atoms with van der Waals surface area (Å²) in [5.74, 6) is 0.113. The molecule has 4 aromatic heterocycles. The zero-order chi connectivity index (χ0) is 32.0. The molecular formula is C43H37N3O+2. The van der Waals surface area contributed by atoms with Gasteiger partial charge in [0, 0.05) is 45.7 Å². The summed E-state index contributed by atoms with van der Waals surface area (Å²) in [5.41, 5.74) is 16.3. The van der Waals surface area contributed by atoms with Gasteiger partial charge in [0.1, 0.15) is 0 Å². The third-order valence-electron chi connectivity index (χ3n) is 10.7. The predicted molar refractivity (Wildman–Crippen MR) is 188 cm³/mol. The highest BCUT2D eigenvalue weighted by Gasteiger charge is 2.54. The number of fused-ring (bicyclic) bond motifs is 10. The van der Waals surface area contributed by atoms with E-state index in [2.05, 4.69) is 153 Å². The van der Waals surface area contributed by atoms with Crippen molar-refractivity contribution in [1.29, 1.82) is 0 Å². The van der Waals surface area contributed by atoms with Crippen molar-refractivity contribution in [2.24, 2.45) is 0 Å². The molecule has 0 aliphatic carbocycles. The molecule has 3 atom stereocenters. The van der Waals surface area contributed by atoms with Gasteiger partial charge in [0.15, 0.2) is 18.0 Å². The molecule has 3 unspecified atom stereocenters. The molecule has 9 rings (SSSR count). The Balaban J connectivity index is 1.32. The Hall–Kier alpha value is -5.35. The molecule has 0 bridgehead atoms. The minimum atomic E-state index is 0.0304. The van der Waals surface area contributed by atoms with E-state index in [-0.39, 0.29) is 18.0 Å². The number of aryl methyl sites for hydroxylation is 4. The van der Waals surface area contributed by atoms with Crippen LogP contribution < -0.4 is 9.13 Å². The third-order valence-corrected chi connectivity index (χ3v) is 10.7. The van der Waals surface area contributed by atoms with Crippen molar-refractivity contribution in [2.75, 3.05) is 0 Å². The molecule has 4 nitrogen and oxygen atoms in total. The van der Waals surface area contributed by atoms with Gasteiger partial charge in [-0.1, -0.05) is 55.5 Å². The molecular weight excluding hydrogens is 574 g/mol. The van der Waals surface area contributed by atoms with Crippen molar-refractivity contribution in [3.05, 3.63) is 149 Å². The Morgan fingerprint density at radius 2 is 1.55 bits per heavy atom. The number of aromatic nitrogens is 3. The van der Waals surface area contributed by atoms with Crippen molar-refractivity contribution < 1.29 is 13.6 Å². The van der Waals surface area contributed by atoms with E-state index >= 15 is 0 Å². The molecule has 2 aliphatic rings. The molecule has 228 valence electrons. The summed E-state index contributed by atoms with van der Waals surface area (Å²) in [6.07, 6.45) is 7.74. The summed E-state index contributed by atoms with van der Waals surface area (Å²) in [6.45, 7) is 13.2. The van der Waals surface area contributed by atoms with E-state index < -0.39 is 0 Å². The van der Waals surface area contributed by atoms with Crippen molar-refractivity contribution in [2.45, 2.75) is 52.1 Å². The fourth-order valence-corrected chi connectivity index (χ4v) is 8.57. The summed E-state index contributed by atoms with van der Waals surface area (Å²) in [7, 11) is 0. The summed E-state index contributed by atoms with van der Waals surface area (Å²) < 4.78 is 11.9. The van der Waals surface area contributed by atoms with Gasteiger partial charge in [-0.2, -0.15) is 9.13 Å². The maximum absolute atomic E-state index is 6.86. The molecule has 47 heavy (non-hydrogen) atoms. The minimum absolute atomic E-state index is 0.0304. The lowest BCUT2D eigenvalue weighted by atomic mass is 9.78. The molecule has 6 heterocycles. The van der Waals surface area contributed by atoms with Gasteiger partial charge in [0.05, 0.1) is 22.7 Å². The van der Waals surface area contributed by atoms with Crippen LogP contribution in [0.15, 0.2) is 120 Å². The molecule has 4 heteroatoms. The second-order valence-corrected chi connectivity index (χ2v) is 13.2. The molecule has 3 aromatic carbocycles. The maximum atomic E-state index is 6.86. The van der Waals surface area contributed by atoms with E-state index in [4.69, 9.17) is 9.40 Å². The van der Waals surface area contributed by atoms with Gasteiger partial charge >= 0.3 is 0 Å². The second kappa shape index (κ2) is 10.3. The van der Waals surface area contributed by atoms with E-state index in [1.807, 2.05) is 0 Å². The molecule has 0 fully saturated rings. The van der Waals surface area contributed by atoms with E-state index in [0.717, 1.165) is 28.5 Å². The van der Waals surface area contributed by atoms with Crippen LogP contribution >= 0.6 is 0 Å². The van der Waals surface area contributed by atoms with E-state index in [9.17, 15) is 0 Å². The first-order valence-electron chi connectivity index (χ1n) is 16.7. The number of allylic oxidation sites excluding steroid dienone is 1. The van der Waals surface area contributed by atoms with E-state index in [0.29, 0.717) is 5.71 Å². The normalized spacial score (nSPS) is 17.7. The van der Waals surface area contributed by atoms with Crippen LogP contribution in [0.4, 0.5) is 0 Å². The van der Waals surface area contributed by atoms with E-state index in [1.165, 1.54) is 61.5 Å². The topological polar surface area (TPSA) is 33.8 Å². The van der Waals surface area contributed by atoms with Crippen molar-refractivity contribution in [1.82, 2.24) is 4.98 Å². The number of benzene rings is 3. The zero-order valence-electron chi connectivity index (χ0n) is 27.3. The summed E-state index contributed by atoms with van der Waals surface area (Å²) >= 11 is 0. The second-order valence-electron chi connectivity index (χ2n) is 13.2. The van der Waals surface area contributed by atoms with E-state index in [1.54, 1.807) is 0 Å². The fraction of sp³-hybridized carbons (Fsp3) is 0.186. The number of nitrogens with zero attached hydrogens (tertiary/aromatic N) is 3. The summed E-state index contributed by atoms with van der Waals surface area (Å²) in [4.78, 5) is 5.13. The summed E-state index contributed by atoms with van der Waals surface area (Å²) in [5, 5.41) is 2.15. The Morgan fingerprint density at radius 1 is 0.766 bits per heavy atom. The predicted octanol–water partition coefficient (Wildman–Crippen LogP) is 9.47. The molecule has 0 N–H and O–H groups in total. The number of rotatable bonds is 4. The molecule has 7 aromatic rings. The highest BCUT2D eigenvalue weighted by Crippen LogP contribution is 2.50. The first kappa shape index (κ1) is 27.9. The van der Waals surface area contributed by atoms with Gasteiger partial charge in [-0.05, 0) is 79.8 Å². The highest BCUT2D eigenvalue weighted by atomic mass is 16.3. The van der Waals surface area contributed by atoms with Gasteiger partial charge in [-0.15, -0.1) is 6.58 Å². The first-order chi connectivity index (χ1) is 23.0. The lowest BCUT2D eigenvalue weighted by molar-refractivity contribution is -0.800. The van der Waals surface area contributed by atoms with Crippen LogP contribution in [0.3, 0.4) is 0 Å². The van der Waals surface area contributed by atoms with Crippen molar-refractivity contribution in [3.63, 3.8) is 0 Å².